The predicted molar refractivity (Wildman–Crippen MR) is 123 cm³/mol. The van der Waals surface area contributed by atoms with Crippen molar-refractivity contribution in [3.8, 4) is 17.0 Å². The summed E-state index contributed by atoms with van der Waals surface area (Å²) in [6.07, 6.45) is 3.36. The number of methoxy groups -OCH3 is 1. The second kappa shape index (κ2) is 9.92. The summed E-state index contributed by atoms with van der Waals surface area (Å²) in [6, 6.07) is 18.4. The van der Waals surface area contributed by atoms with Crippen molar-refractivity contribution < 1.29 is 13.9 Å². The third-order valence-electron chi connectivity index (χ3n) is 6.16. The predicted octanol–water partition coefficient (Wildman–Crippen LogP) is 4.85. The van der Waals surface area contributed by atoms with Gasteiger partial charge >= 0.3 is 0 Å². The topological polar surface area (TPSA) is 54.5 Å². The first-order chi connectivity index (χ1) is 15.5. The summed E-state index contributed by atoms with van der Waals surface area (Å²) in [5.41, 5.74) is 3.11. The normalized spacial score (nSPS) is 15.8. The Balaban J connectivity index is 1.30. The fraction of sp³-hybridized carbons (Fsp3) is 0.308. The number of benzene rings is 2. The second-order valence-corrected chi connectivity index (χ2v) is 8.18. The molecule has 1 aliphatic rings. The Kier molecular flexibility index (Phi) is 6.81. The van der Waals surface area contributed by atoms with E-state index in [1.165, 1.54) is 17.7 Å². The molecule has 1 unspecified atom stereocenters. The molecule has 32 heavy (non-hydrogen) atoms. The monoisotopic (exact) mass is 433 g/mol. The number of nitrogens with one attached hydrogen (secondary N) is 1. The van der Waals surface area contributed by atoms with E-state index >= 15 is 0 Å². The van der Waals surface area contributed by atoms with Crippen LogP contribution in [0.4, 0.5) is 4.39 Å². The number of amides is 1. The molecule has 0 spiro atoms. The number of hydrogen-bond donors (Lipinski definition) is 1. The first kappa shape index (κ1) is 22.0. The van der Waals surface area contributed by atoms with Crippen LogP contribution < -0.4 is 10.1 Å². The molecule has 0 aliphatic carbocycles. The van der Waals surface area contributed by atoms with E-state index in [0.717, 1.165) is 31.7 Å². The average Bonchev–Trinajstić information content (AvgIpc) is 2.84. The van der Waals surface area contributed by atoms with Crippen molar-refractivity contribution in [2.45, 2.75) is 31.8 Å². The lowest BCUT2D eigenvalue weighted by atomic mass is 10.00. The molecule has 5 nitrogen and oxygen atoms in total. The van der Waals surface area contributed by atoms with Crippen molar-refractivity contribution in [2.75, 3.05) is 20.2 Å². The van der Waals surface area contributed by atoms with Crippen molar-refractivity contribution in [1.29, 1.82) is 0 Å². The Morgan fingerprint density at radius 3 is 2.50 bits per heavy atom. The van der Waals surface area contributed by atoms with E-state index < -0.39 is 0 Å². The first-order valence-corrected chi connectivity index (χ1v) is 10.9. The van der Waals surface area contributed by atoms with Gasteiger partial charge in [0.1, 0.15) is 11.6 Å². The van der Waals surface area contributed by atoms with Crippen molar-refractivity contribution in [3.63, 3.8) is 0 Å². The second-order valence-electron chi connectivity index (χ2n) is 8.18. The van der Waals surface area contributed by atoms with E-state index in [0.29, 0.717) is 22.9 Å². The Morgan fingerprint density at radius 1 is 1.12 bits per heavy atom. The third-order valence-corrected chi connectivity index (χ3v) is 6.16. The van der Waals surface area contributed by atoms with Gasteiger partial charge < -0.3 is 10.1 Å². The molecule has 1 amide bonds. The van der Waals surface area contributed by atoms with Gasteiger partial charge in [-0.1, -0.05) is 24.3 Å². The summed E-state index contributed by atoms with van der Waals surface area (Å²) < 4.78 is 18.7. The molecule has 1 fully saturated rings. The lowest BCUT2D eigenvalue weighted by Gasteiger charge is -2.36. The highest BCUT2D eigenvalue weighted by atomic mass is 19.1. The molecule has 3 aromatic rings. The number of carbonyl (C=O) groups excluding carboxylic acids is 1. The number of nitrogens with zero attached hydrogens (tertiary/aromatic N) is 2. The minimum absolute atomic E-state index is 0.120. The molecule has 0 bridgehead atoms. The molecule has 6 heteroatoms. The molecule has 1 aliphatic heterocycles. The number of hydrogen-bond acceptors (Lipinski definition) is 4. The molecule has 1 aromatic heterocycles. The molecule has 1 saturated heterocycles. The van der Waals surface area contributed by atoms with Gasteiger partial charge in [0.2, 0.25) is 0 Å². The van der Waals surface area contributed by atoms with Gasteiger partial charge in [0.15, 0.2) is 0 Å². The lowest BCUT2D eigenvalue weighted by molar-refractivity contribution is 0.0895. The van der Waals surface area contributed by atoms with Crippen LogP contribution >= 0.6 is 0 Å². The standard InChI is InChI=1S/C26H28FN3O2/c1-18(19-6-9-24(32-2)10-7-19)30-14-12-23(13-15-30)29-26(31)21-8-11-25(28-17-21)20-4-3-5-22(27)16-20/h3-11,16-18,23H,12-15H2,1-2H3,(H,29,31). The molecule has 0 saturated carbocycles. The van der Waals surface area contributed by atoms with E-state index in [1.807, 2.05) is 12.1 Å². The zero-order valence-corrected chi connectivity index (χ0v) is 18.4. The first-order valence-electron chi connectivity index (χ1n) is 10.9. The molecule has 2 heterocycles. The van der Waals surface area contributed by atoms with Crippen LogP contribution in [-0.2, 0) is 0 Å². The van der Waals surface area contributed by atoms with Crippen LogP contribution in [0.15, 0.2) is 66.9 Å². The summed E-state index contributed by atoms with van der Waals surface area (Å²) in [7, 11) is 1.67. The third kappa shape index (κ3) is 5.14. The maximum absolute atomic E-state index is 13.4. The highest BCUT2D eigenvalue weighted by Crippen LogP contribution is 2.26. The van der Waals surface area contributed by atoms with Crippen molar-refractivity contribution in [1.82, 2.24) is 15.2 Å². The summed E-state index contributed by atoms with van der Waals surface area (Å²) in [6.45, 7) is 4.07. The molecule has 1 N–H and O–H groups in total. The van der Waals surface area contributed by atoms with Gasteiger partial charge in [0, 0.05) is 36.9 Å². The van der Waals surface area contributed by atoms with E-state index in [9.17, 15) is 9.18 Å². The Hall–Kier alpha value is -3.25. The number of ether oxygens (including phenoxy) is 1. The smallest absolute Gasteiger partial charge is 0.253 e. The molecule has 0 radical (unpaired) electrons. The maximum Gasteiger partial charge on any atom is 0.253 e. The highest BCUT2D eigenvalue weighted by molar-refractivity contribution is 5.94. The van der Waals surface area contributed by atoms with Gasteiger partial charge in [-0.2, -0.15) is 0 Å². The zero-order chi connectivity index (χ0) is 22.5. The van der Waals surface area contributed by atoms with Gasteiger partial charge in [0.25, 0.3) is 5.91 Å². The Morgan fingerprint density at radius 2 is 1.88 bits per heavy atom. The number of piperidine rings is 1. The highest BCUT2D eigenvalue weighted by Gasteiger charge is 2.25. The maximum atomic E-state index is 13.4. The van der Waals surface area contributed by atoms with Crippen LogP contribution in [0.3, 0.4) is 0 Å². The molecule has 1 atom stereocenters. The van der Waals surface area contributed by atoms with Crippen molar-refractivity contribution in [2.24, 2.45) is 0 Å². The van der Waals surface area contributed by atoms with Crippen LogP contribution in [-0.4, -0.2) is 42.0 Å². The summed E-state index contributed by atoms with van der Waals surface area (Å²) in [5.74, 6) is 0.435. The van der Waals surface area contributed by atoms with Crippen LogP contribution in [0, 0.1) is 5.82 Å². The molecular formula is C26H28FN3O2. The summed E-state index contributed by atoms with van der Waals surface area (Å²) in [4.78, 5) is 19.5. The minimum atomic E-state index is -0.307. The van der Waals surface area contributed by atoms with Gasteiger partial charge in [-0.25, -0.2) is 4.39 Å². The largest absolute Gasteiger partial charge is 0.497 e. The minimum Gasteiger partial charge on any atom is -0.497 e. The number of likely N-dealkylation sites (tertiary alicyclic amines) is 1. The van der Waals surface area contributed by atoms with Crippen LogP contribution in [0.2, 0.25) is 0 Å². The van der Waals surface area contributed by atoms with Gasteiger partial charge in [-0.05, 0) is 61.7 Å². The molecule has 166 valence electrons. The van der Waals surface area contributed by atoms with Gasteiger partial charge in [-0.15, -0.1) is 0 Å². The van der Waals surface area contributed by atoms with E-state index in [1.54, 1.807) is 37.6 Å². The quantitative estimate of drug-likeness (QED) is 0.604. The van der Waals surface area contributed by atoms with Crippen LogP contribution in [0.5, 0.6) is 5.75 Å². The molecular weight excluding hydrogens is 405 g/mol. The fourth-order valence-electron chi connectivity index (χ4n) is 4.14. The number of aromatic nitrogens is 1. The van der Waals surface area contributed by atoms with Crippen molar-refractivity contribution in [3.05, 3.63) is 83.8 Å². The SMILES string of the molecule is COc1ccc(C(C)N2CCC(NC(=O)c3ccc(-c4cccc(F)c4)nc3)CC2)cc1. The van der Waals surface area contributed by atoms with E-state index in [2.05, 4.69) is 34.3 Å². The average molecular weight is 434 g/mol. The molecule has 4 rings (SSSR count). The number of carbonyl (C=O) groups is 1. The lowest BCUT2D eigenvalue weighted by Crippen LogP contribution is -2.45. The van der Waals surface area contributed by atoms with Gasteiger partial charge in [-0.3, -0.25) is 14.7 Å². The summed E-state index contributed by atoms with van der Waals surface area (Å²) in [5, 5.41) is 3.14. The van der Waals surface area contributed by atoms with E-state index in [-0.39, 0.29) is 17.8 Å². The van der Waals surface area contributed by atoms with Crippen LogP contribution in [0.1, 0.15) is 41.7 Å². The molecule has 2 aromatic carbocycles. The number of pyridine rings is 1. The Labute approximate surface area is 188 Å². The van der Waals surface area contributed by atoms with Crippen molar-refractivity contribution >= 4 is 5.91 Å². The number of rotatable bonds is 6. The van der Waals surface area contributed by atoms with Gasteiger partial charge in [0.05, 0.1) is 18.4 Å². The Bertz CT molecular complexity index is 1050. The van der Waals surface area contributed by atoms with E-state index in [4.69, 9.17) is 4.74 Å². The number of halogens is 1. The zero-order valence-electron chi connectivity index (χ0n) is 18.4. The fourth-order valence-corrected chi connectivity index (χ4v) is 4.14. The van der Waals surface area contributed by atoms with Crippen LogP contribution in [0.25, 0.3) is 11.3 Å². The summed E-state index contributed by atoms with van der Waals surface area (Å²) >= 11 is 0.